The Morgan fingerprint density at radius 3 is 2.68 bits per heavy atom. The van der Waals surface area contributed by atoms with Gasteiger partial charge in [0.25, 0.3) is 5.91 Å². The lowest BCUT2D eigenvalue weighted by molar-refractivity contribution is 0.0620. The van der Waals surface area contributed by atoms with Gasteiger partial charge in [-0.2, -0.15) is 0 Å². The number of benzene rings is 1. The minimum atomic E-state index is -0.264. The summed E-state index contributed by atoms with van der Waals surface area (Å²) in [4.78, 5) is 14.6. The van der Waals surface area contributed by atoms with Crippen LogP contribution in [0, 0.1) is 18.7 Å². The van der Waals surface area contributed by atoms with Gasteiger partial charge < -0.3 is 10.2 Å². The van der Waals surface area contributed by atoms with Crippen LogP contribution >= 0.6 is 0 Å². The number of carbonyl (C=O) groups is 1. The van der Waals surface area contributed by atoms with E-state index in [-0.39, 0.29) is 17.8 Å². The number of aryl methyl sites for hydroxylation is 1. The monoisotopic (exact) mass is 262 g/mol. The Morgan fingerprint density at radius 2 is 2.11 bits per heavy atom. The zero-order valence-corrected chi connectivity index (χ0v) is 11.2. The van der Waals surface area contributed by atoms with Gasteiger partial charge in [0, 0.05) is 18.2 Å². The molecule has 4 heteroatoms. The van der Waals surface area contributed by atoms with Gasteiger partial charge >= 0.3 is 0 Å². The summed E-state index contributed by atoms with van der Waals surface area (Å²) in [6.07, 6.45) is 2.35. The highest BCUT2D eigenvalue weighted by atomic mass is 19.1. The molecule has 102 valence electrons. The molecule has 1 N–H and O–H groups in total. The molecule has 0 aliphatic carbocycles. The summed E-state index contributed by atoms with van der Waals surface area (Å²) >= 11 is 0. The molecule has 0 saturated carbocycles. The molecule has 3 aliphatic heterocycles. The third kappa shape index (κ3) is 2.50. The van der Waals surface area contributed by atoms with Crippen molar-refractivity contribution in [2.24, 2.45) is 5.92 Å². The van der Waals surface area contributed by atoms with Crippen LogP contribution in [0.2, 0.25) is 0 Å². The maximum atomic E-state index is 13.2. The van der Waals surface area contributed by atoms with Crippen molar-refractivity contribution in [2.45, 2.75) is 25.8 Å². The number of nitrogens with one attached hydrogen (secondary N) is 1. The molecule has 3 saturated heterocycles. The average molecular weight is 262 g/mol. The average Bonchev–Trinajstić information content (AvgIpc) is 2.43. The number of nitrogens with zero attached hydrogens (tertiary/aromatic N) is 1. The molecule has 0 spiro atoms. The van der Waals surface area contributed by atoms with Crippen molar-refractivity contribution in [3.05, 3.63) is 35.1 Å². The Kier molecular flexibility index (Phi) is 3.27. The quantitative estimate of drug-likeness (QED) is 0.883. The maximum Gasteiger partial charge on any atom is 0.251 e. The first kappa shape index (κ1) is 12.6. The number of rotatable bonds is 2. The van der Waals surface area contributed by atoms with Gasteiger partial charge in [0.05, 0.1) is 0 Å². The molecule has 0 radical (unpaired) electrons. The molecule has 1 atom stereocenters. The van der Waals surface area contributed by atoms with Gasteiger partial charge in [0.1, 0.15) is 5.82 Å². The smallest absolute Gasteiger partial charge is 0.251 e. The molecule has 1 amide bonds. The molecule has 3 heterocycles. The molecule has 3 aliphatic rings. The Hall–Kier alpha value is -1.42. The van der Waals surface area contributed by atoms with E-state index in [1.54, 1.807) is 19.1 Å². The molecule has 1 aromatic rings. The van der Waals surface area contributed by atoms with Gasteiger partial charge in [-0.15, -0.1) is 0 Å². The molecule has 4 rings (SSSR count). The fraction of sp³-hybridized carbons (Fsp3) is 0.533. The summed E-state index contributed by atoms with van der Waals surface area (Å²) in [5, 5.41) is 3.11. The molecule has 1 aromatic carbocycles. The van der Waals surface area contributed by atoms with Gasteiger partial charge in [-0.3, -0.25) is 4.79 Å². The van der Waals surface area contributed by atoms with Crippen molar-refractivity contribution in [3.8, 4) is 0 Å². The van der Waals surface area contributed by atoms with Crippen LogP contribution in [0.4, 0.5) is 4.39 Å². The highest BCUT2D eigenvalue weighted by Crippen LogP contribution is 2.27. The lowest BCUT2D eigenvalue weighted by Crippen LogP contribution is -2.57. The zero-order chi connectivity index (χ0) is 13.4. The van der Waals surface area contributed by atoms with Crippen LogP contribution < -0.4 is 5.32 Å². The first-order chi connectivity index (χ1) is 9.13. The molecule has 3 fully saturated rings. The van der Waals surface area contributed by atoms with Crippen molar-refractivity contribution in [1.82, 2.24) is 10.2 Å². The van der Waals surface area contributed by atoms with E-state index in [1.165, 1.54) is 18.9 Å². The Labute approximate surface area is 112 Å². The van der Waals surface area contributed by atoms with Gasteiger partial charge in [-0.05, 0) is 62.5 Å². The fourth-order valence-electron chi connectivity index (χ4n) is 3.17. The standard InChI is InChI=1S/C15H19FN2O/c1-10-8-12(2-3-13(10)16)15(19)17-14-9-18-6-4-11(14)5-7-18/h2-3,8,11,14H,4-7,9H2,1H3,(H,17,19). The van der Waals surface area contributed by atoms with E-state index in [4.69, 9.17) is 0 Å². The predicted molar refractivity (Wildman–Crippen MR) is 71.6 cm³/mol. The summed E-state index contributed by atoms with van der Waals surface area (Å²) in [6.45, 7) is 4.95. The van der Waals surface area contributed by atoms with E-state index in [9.17, 15) is 9.18 Å². The molecule has 1 unspecified atom stereocenters. The van der Waals surface area contributed by atoms with E-state index >= 15 is 0 Å². The fourth-order valence-corrected chi connectivity index (χ4v) is 3.17. The normalized spacial score (nSPS) is 29.3. The van der Waals surface area contributed by atoms with E-state index < -0.39 is 0 Å². The van der Waals surface area contributed by atoms with E-state index in [2.05, 4.69) is 10.2 Å². The van der Waals surface area contributed by atoms with Crippen molar-refractivity contribution < 1.29 is 9.18 Å². The van der Waals surface area contributed by atoms with Crippen molar-refractivity contribution in [1.29, 1.82) is 0 Å². The van der Waals surface area contributed by atoms with E-state index in [0.717, 1.165) is 19.6 Å². The van der Waals surface area contributed by atoms with Gasteiger partial charge in [-0.1, -0.05) is 0 Å². The number of carbonyl (C=O) groups excluding carboxylic acids is 1. The van der Waals surface area contributed by atoms with Gasteiger partial charge in [-0.25, -0.2) is 4.39 Å². The Morgan fingerprint density at radius 1 is 1.37 bits per heavy atom. The zero-order valence-electron chi connectivity index (χ0n) is 11.2. The van der Waals surface area contributed by atoms with Crippen LogP contribution in [0.25, 0.3) is 0 Å². The second-order valence-electron chi connectivity index (χ2n) is 5.68. The van der Waals surface area contributed by atoms with Crippen LogP contribution in [0.15, 0.2) is 18.2 Å². The Bertz CT molecular complexity index is 495. The second kappa shape index (κ2) is 4.93. The topological polar surface area (TPSA) is 32.3 Å². The highest BCUT2D eigenvalue weighted by Gasteiger charge is 2.34. The minimum Gasteiger partial charge on any atom is -0.348 e. The first-order valence-electron chi connectivity index (χ1n) is 6.93. The molecular weight excluding hydrogens is 243 g/mol. The highest BCUT2D eigenvalue weighted by molar-refractivity contribution is 5.94. The SMILES string of the molecule is Cc1cc(C(=O)NC2CN3CCC2CC3)ccc1F. The summed E-state index contributed by atoms with van der Waals surface area (Å²) in [7, 11) is 0. The van der Waals surface area contributed by atoms with Crippen LogP contribution in [0.1, 0.15) is 28.8 Å². The summed E-state index contributed by atoms with van der Waals surface area (Å²) in [6, 6.07) is 4.78. The maximum absolute atomic E-state index is 13.2. The number of hydrogen-bond acceptors (Lipinski definition) is 2. The molecular formula is C15H19FN2O. The van der Waals surface area contributed by atoms with Gasteiger partial charge in [0.15, 0.2) is 0 Å². The van der Waals surface area contributed by atoms with Crippen LogP contribution in [0.3, 0.4) is 0 Å². The summed E-state index contributed by atoms with van der Waals surface area (Å²) in [5.74, 6) is 0.261. The number of halogens is 1. The molecule has 19 heavy (non-hydrogen) atoms. The first-order valence-corrected chi connectivity index (χ1v) is 6.93. The number of amides is 1. The number of piperidine rings is 3. The molecule has 0 aromatic heterocycles. The molecule has 3 nitrogen and oxygen atoms in total. The van der Waals surface area contributed by atoms with Crippen LogP contribution in [-0.4, -0.2) is 36.5 Å². The largest absolute Gasteiger partial charge is 0.348 e. The van der Waals surface area contributed by atoms with E-state index in [1.807, 2.05) is 0 Å². The van der Waals surface area contributed by atoms with Crippen molar-refractivity contribution in [2.75, 3.05) is 19.6 Å². The van der Waals surface area contributed by atoms with Crippen LogP contribution in [0.5, 0.6) is 0 Å². The third-order valence-corrected chi connectivity index (χ3v) is 4.39. The third-order valence-electron chi connectivity index (χ3n) is 4.39. The second-order valence-corrected chi connectivity index (χ2v) is 5.68. The number of hydrogen-bond donors (Lipinski definition) is 1. The van der Waals surface area contributed by atoms with Gasteiger partial charge in [0.2, 0.25) is 0 Å². The lowest BCUT2D eigenvalue weighted by Gasteiger charge is -2.44. The predicted octanol–water partition coefficient (Wildman–Crippen LogP) is 1.96. The number of fused-ring (bicyclic) bond motifs is 3. The van der Waals surface area contributed by atoms with Crippen molar-refractivity contribution >= 4 is 5.91 Å². The minimum absolute atomic E-state index is 0.0816. The molecule has 2 bridgehead atoms. The lowest BCUT2D eigenvalue weighted by atomic mass is 9.84. The van der Waals surface area contributed by atoms with E-state index in [0.29, 0.717) is 17.0 Å². The summed E-state index contributed by atoms with van der Waals surface area (Å²) in [5.41, 5.74) is 1.07. The summed E-state index contributed by atoms with van der Waals surface area (Å²) < 4.78 is 13.2. The van der Waals surface area contributed by atoms with Crippen LogP contribution in [-0.2, 0) is 0 Å². The Balaban J connectivity index is 1.69. The van der Waals surface area contributed by atoms with Crippen molar-refractivity contribution in [3.63, 3.8) is 0 Å².